The molecule has 0 N–H and O–H groups in total. The number of unbranched alkanes of at least 4 members (excludes halogenated alkanes) is 2. The molecule has 2 unspecified atom stereocenters. The molecule has 1 aromatic carbocycles. The Balaban J connectivity index is 2.76. The van der Waals surface area contributed by atoms with Crippen molar-refractivity contribution >= 4 is 35.1 Å². The van der Waals surface area contributed by atoms with Gasteiger partial charge in [0.05, 0.1) is 11.1 Å². The van der Waals surface area contributed by atoms with E-state index in [4.69, 9.17) is 32.7 Å². The summed E-state index contributed by atoms with van der Waals surface area (Å²) in [5.41, 5.74) is -1.17. The maximum Gasteiger partial charge on any atom is 0.340 e. The molecule has 6 heteroatoms. The quantitative estimate of drug-likeness (QED) is 0.400. The van der Waals surface area contributed by atoms with Gasteiger partial charge in [0.25, 0.3) is 0 Å². The Morgan fingerprint density at radius 1 is 0.875 bits per heavy atom. The number of carbonyl (C=O) groups is 2. The van der Waals surface area contributed by atoms with Crippen LogP contribution in [-0.2, 0) is 9.47 Å². The summed E-state index contributed by atoms with van der Waals surface area (Å²) in [5.74, 6) is -1.28. The van der Waals surface area contributed by atoms with E-state index < -0.39 is 23.1 Å². The van der Waals surface area contributed by atoms with Gasteiger partial charge in [-0.2, -0.15) is 0 Å². The van der Waals surface area contributed by atoms with E-state index in [9.17, 15) is 9.59 Å². The second-order valence-electron chi connectivity index (χ2n) is 5.46. The highest BCUT2D eigenvalue weighted by atomic mass is 35.5. The minimum Gasteiger partial charge on any atom is -0.442 e. The molecule has 0 aliphatic rings. The zero-order chi connectivity index (χ0) is 17.9. The van der Waals surface area contributed by atoms with Crippen LogP contribution in [0.4, 0.5) is 0 Å². The van der Waals surface area contributed by atoms with Crippen LogP contribution in [0.1, 0.15) is 73.1 Å². The number of ether oxygens (including phenoxy) is 2. The average molecular weight is 375 g/mol. The van der Waals surface area contributed by atoms with E-state index in [1.807, 2.05) is 13.8 Å². The van der Waals surface area contributed by atoms with Crippen molar-refractivity contribution < 1.29 is 19.1 Å². The van der Waals surface area contributed by atoms with Gasteiger partial charge >= 0.3 is 11.9 Å². The third kappa shape index (κ3) is 7.10. The Hall–Kier alpha value is -1.26. The molecule has 0 aromatic heterocycles. The van der Waals surface area contributed by atoms with Crippen LogP contribution < -0.4 is 0 Å². The average Bonchev–Trinajstić information content (AvgIpc) is 2.57. The molecule has 1 aromatic rings. The molecule has 0 saturated heterocycles. The zero-order valence-electron chi connectivity index (χ0n) is 14.1. The standard InChI is InChI=1S/C18H24Cl2O4/c1-3-5-11-15(19)23-17(21)13-9-7-8-10-14(13)18(22)24-16(20)12-6-4-2/h7-10,15-16H,3-6,11-12H2,1-2H3. The number of hydrogen-bond donors (Lipinski definition) is 0. The predicted molar refractivity (Wildman–Crippen MR) is 95.6 cm³/mol. The maximum atomic E-state index is 12.3. The Bertz CT molecular complexity index is 487. The molecule has 24 heavy (non-hydrogen) atoms. The molecule has 0 fully saturated rings. The summed E-state index contributed by atoms with van der Waals surface area (Å²) >= 11 is 12.0. The molecule has 0 bridgehead atoms. The molecule has 0 spiro atoms. The van der Waals surface area contributed by atoms with E-state index in [1.165, 1.54) is 12.1 Å². The summed E-state index contributed by atoms with van der Waals surface area (Å²) in [6.07, 6.45) is 4.76. The second-order valence-corrected chi connectivity index (χ2v) is 6.43. The number of hydrogen-bond acceptors (Lipinski definition) is 4. The van der Waals surface area contributed by atoms with E-state index >= 15 is 0 Å². The fourth-order valence-electron chi connectivity index (χ4n) is 2.05. The highest BCUT2D eigenvalue weighted by Gasteiger charge is 2.22. The minimum absolute atomic E-state index is 0.129. The second kappa shape index (κ2) is 11.3. The van der Waals surface area contributed by atoms with Crippen LogP contribution in [0.25, 0.3) is 0 Å². The molecule has 0 amide bonds. The van der Waals surface area contributed by atoms with Crippen molar-refractivity contribution in [1.29, 1.82) is 0 Å². The van der Waals surface area contributed by atoms with Crippen LogP contribution in [-0.4, -0.2) is 23.1 Å². The monoisotopic (exact) mass is 374 g/mol. The normalized spacial score (nSPS) is 13.2. The molecule has 4 nitrogen and oxygen atoms in total. The molecular weight excluding hydrogens is 351 g/mol. The number of carbonyl (C=O) groups excluding carboxylic acids is 2. The van der Waals surface area contributed by atoms with Crippen molar-refractivity contribution in [3.63, 3.8) is 0 Å². The number of alkyl halides is 2. The molecule has 2 atom stereocenters. The third-order valence-corrected chi connectivity index (χ3v) is 4.02. The molecule has 0 heterocycles. The van der Waals surface area contributed by atoms with Crippen molar-refractivity contribution in [3.05, 3.63) is 35.4 Å². The van der Waals surface area contributed by atoms with Crippen molar-refractivity contribution in [1.82, 2.24) is 0 Å². The van der Waals surface area contributed by atoms with Crippen LogP contribution in [0.3, 0.4) is 0 Å². The molecule has 0 radical (unpaired) electrons. The fraction of sp³-hybridized carbons (Fsp3) is 0.556. The molecule has 0 aliphatic carbocycles. The third-order valence-electron chi connectivity index (χ3n) is 3.41. The van der Waals surface area contributed by atoms with Crippen molar-refractivity contribution in [2.45, 2.75) is 63.5 Å². The van der Waals surface area contributed by atoms with Crippen molar-refractivity contribution in [2.24, 2.45) is 0 Å². The largest absolute Gasteiger partial charge is 0.442 e. The Kier molecular flexibility index (Phi) is 9.80. The Labute approximate surface area is 153 Å². The van der Waals surface area contributed by atoms with Gasteiger partial charge in [0.1, 0.15) is 0 Å². The van der Waals surface area contributed by atoms with Gasteiger partial charge in [-0.05, 0) is 37.8 Å². The highest BCUT2D eigenvalue weighted by Crippen LogP contribution is 2.18. The van der Waals surface area contributed by atoms with E-state index in [-0.39, 0.29) is 11.1 Å². The summed E-state index contributed by atoms with van der Waals surface area (Å²) in [6.45, 7) is 4.05. The lowest BCUT2D eigenvalue weighted by Gasteiger charge is -2.14. The number of esters is 2. The summed E-state index contributed by atoms with van der Waals surface area (Å²) in [5, 5.41) is 0. The highest BCUT2D eigenvalue weighted by molar-refractivity contribution is 6.21. The maximum absolute atomic E-state index is 12.3. The molecule has 0 aliphatic heterocycles. The summed E-state index contributed by atoms with van der Waals surface area (Å²) in [4.78, 5) is 24.5. The Morgan fingerprint density at radius 2 is 1.25 bits per heavy atom. The first-order valence-corrected chi connectivity index (χ1v) is 9.16. The van der Waals surface area contributed by atoms with E-state index in [0.717, 1.165) is 25.7 Å². The lowest BCUT2D eigenvalue weighted by Crippen LogP contribution is -2.19. The van der Waals surface area contributed by atoms with E-state index in [1.54, 1.807) is 12.1 Å². The van der Waals surface area contributed by atoms with Gasteiger partial charge in [0.15, 0.2) is 11.1 Å². The van der Waals surface area contributed by atoms with Gasteiger partial charge in [-0.15, -0.1) is 0 Å². The van der Waals surface area contributed by atoms with Gasteiger partial charge in [-0.3, -0.25) is 0 Å². The summed E-state index contributed by atoms with van der Waals surface area (Å²) in [7, 11) is 0. The summed E-state index contributed by atoms with van der Waals surface area (Å²) < 4.78 is 10.4. The van der Waals surface area contributed by atoms with Crippen molar-refractivity contribution in [2.75, 3.05) is 0 Å². The van der Waals surface area contributed by atoms with E-state index in [2.05, 4.69) is 0 Å². The SMILES string of the molecule is CCCCC(Cl)OC(=O)c1ccccc1C(=O)OC(Cl)CCCC. The Morgan fingerprint density at radius 3 is 1.58 bits per heavy atom. The molecular formula is C18H24Cl2O4. The smallest absolute Gasteiger partial charge is 0.340 e. The first-order valence-electron chi connectivity index (χ1n) is 8.28. The van der Waals surface area contributed by atoms with Crippen molar-refractivity contribution in [3.8, 4) is 0 Å². The predicted octanol–water partition coefficient (Wildman–Crippen LogP) is 5.51. The van der Waals surface area contributed by atoms with Crippen LogP contribution in [0, 0.1) is 0 Å². The van der Waals surface area contributed by atoms with Crippen LogP contribution in [0.15, 0.2) is 24.3 Å². The lowest BCUT2D eigenvalue weighted by atomic mass is 10.1. The number of halogens is 2. The van der Waals surface area contributed by atoms with Crippen LogP contribution in [0.2, 0.25) is 0 Å². The minimum atomic E-state index is -0.716. The van der Waals surface area contributed by atoms with Gasteiger partial charge in [-0.25, -0.2) is 9.59 Å². The zero-order valence-corrected chi connectivity index (χ0v) is 15.6. The van der Waals surface area contributed by atoms with Gasteiger partial charge in [0, 0.05) is 0 Å². The summed E-state index contributed by atoms with van der Waals surface area (Å²) in [6, 6.07) is 6.32. The van der Waals surface area contributed by atoms with Gasteiger partial charge in [0.2, 0.25) is 0 Å². The topological polar surface area (TPSA) is 52.6 Å². The van der Waals surface area contributed by atoms with Crippen LogP contribution >= 0.6 is 23.2 Å². The van der Waals surface area contributed by atoms with Gasteiger partial charge in [-0.1, -0.05) is 62.0 Å². The lowest BCUT2D eigenvalue weighted by molar-refractivity contribution is 0.0385. The first-order chi connectivity index (χ1) is 11.5. The number of benzene rings is 1. The fourth-order valence-corrected chi connectivity index (χ4v) is 2.52. The van der Waals surface area contributed by atoms with Gasteiger partial charge < -0.3 is 9.47 Å². The first kappa shape index (κ1) is 20.8. The van der Waals surface area contributed by atoms with Crippen LogP contribution in [0.5, 0.6) is 0 Å². The van der Waals surface area contributed by atoms with E-state index in [0.29, 0.717) is 12.8 Å². The molecule has 0 saturated carbocycles. The number of rotatable bonds is 10. The molecule has 134 valence electrons. The molecule has 1 rings (SSSR count).